The standard InChI is InChI=1S/C13H22F2N4/c1-18(2)13(5-3-4-6-13)10-16-9-11-17-7-8-19(11)12(14)15/h7-8,12,16H,3-6,9-10H2,1-2H3. The first-order chi connectivity index (χ1) is 9.05. The topological polar surface area (TPSA) is 33.1 Å². The minimum absolute atomic E-state index is 0.169. The van der Waals surface area contributed by atoms with Gasteiger partial charge in [-0.05, 0) is 26.9 Å². The number of alkyl halides is 2. The van der Waals surface area contributed by atoms with Crippen LogP contribution < -0.4 is 5.32 Å². The van der Waals surface area contributed by atoms with Crippen LogP contribution in [0.15, 0.2) is 12.4 Å². The molecule has 1 aromatic heterocycles. The van der Waals surface area contributed by atoms with Gasteiger partial charge in [-0.3, -0.25) is 4.57 Å². The maximum absolute atomic E-state index is 12.7. The van der Waals surface area contributed by atoms with E-state index in [-0.39, 0.29) is 5.54 Å². The van der Waals surface area contributed by atoms with Crippen molar-refractivity contribution in [1.82, 2.24) is 19.8 Å². The summed E-state index contributed by atoms with van der Waals surface area (Å²) in [7, 11) is 4.18. The van der Waals surface area contributed by atoms with Gasteiger partial charge in [0.2, 0.25) is 0 Å². The summed E-state index contributed by atoms with van der Waals surface area (Å²) < 4.78 is 26.3. The lowest BCUT2D eigenvalue weighted by atomic mass is 9.96. The van der Waals surface area contributed by atoms with Gasteiger partial charge in [0.15, 0.2) is 0 Å². The van der Waals surface area contributed by atoms with Crippen LogP contribution in [-0.2, 0) is 6.54 Å². The van der Waals surface area contributed by atoms with E-state index in [1.54, 1.807) is 0 Å². The molecule has 0 spiro atoms. The molecule has 0 unspecified atom stereocenters. The molecule has 1 aliphatic carbocycles. The number of imidazole rings is 1. The average Bonchev–Trinajstić information content (AvgIpc) is 2.98. The van der Waals surface area contributed by atoms with Gasteiger partial charge < -0.3 is 10.2 Å². The zero-order chi connectivity index (χ0) is 13.9. The Morgan fingerprint density at radius 2 is 2.11 bits per heavy atom. The van der Waals surface area contributed by atoms with E-state index >= 15 is 0 Å². The molecular weight excluding hydrogens is 250 g/mol. The number of nitrogens with zero attached hydrogens (tertiary/aromatic N) is 3. The predicted octanol–water partition coefficient (Wildman–Crippen LogP) is 2.24. The number of halogens is 2. The van der Waals surface area contributed by atoms with Crippen molar-refractivity contribution in [3.8, 4) is 0 Å². The first kappa shape index (κ1) is 14.4. The molecule has 1 saturated carbocycles. The smallest absolute Gasteiger partial charge is 0.308 e. The molecule has 1 N–H and O–H groups in total. The molecule has 4 nitrogen and oxygen atoms in total. The first-order valence-corrected chi connectivity index (χ1v) is 6.73. The van der Waals surface area contributed by atoms with Crippen molar-refractivity contribution in [3.05, 3.63) is 18.2 Å². The van der Waals surface area contributed by atoms with Crippen LogP contribution >= 0.6 is 0 Å². The molecule has 1 aliphatic rings. The number of rotatable bonds is 6. The fourth-order valence-corrected chi connectivity index (χ4v) is 2.88. The Morgan fingerprint density at radius 1 is 1.42 bits per heavy atom. The van der Waals surface area contributed by atoms with Crippen LogP contribution in [0.3, 0.4) is 0 Å². The number of aromatic nitrogens is 2. The molecule has 1 heterocycles. The van der Waals surface area contributed by atoms with Crippen LogP contribution in [-0.4, -0.2) is 40.6 Å². The molecular formula is C13H22F2N4. The van der Waals surface area contributed by atoms with E-state index in [1.165, 1.54) is 25.2 Å². The minimum atomic E-state index is -2.52. The molecule has 0 atom stereocenters. The van der Waals surface area contributed by atoms with Crippen LogP contribution in [0.5, 0.6) is 0 Å². The average molecular weight is 272 g/mol. The van der Waals surface area contributed by atoms with Gasteiger partial charge in [-0.15, -0.1) is 0 Å². The van der Waals surface area contributed by atoms with Crippen molar-refractivity contribution in [3.63, 3.8) is 0 Å². The van der Waals surface area contributed by atoms with Crippen LogP contribution in [0.1, 0.15) is 38.1 Å². The quantitative estimate of drug-likeness (QED) is 0.862. The van der Waals surface area contributed by atoms with Gasteiger partial charge in [0, 0.05) is 24.5 Å². The van der Waals surface area contributed by atoms with E-state index in [0.717, 1.165) is 24.0 Å². The second-order valence-corrected chi connectivity index (χ2v) is 5.46. The van der Waals surface area contributed by atoms with Crippen molar-refractivity contribution in [2.45, 2.75) is 44.3 Å². The molecule has 0 radical (unpaired) electrons. The molecule has 0 saturated heterocycles. The van der Waals surface area contributed by atoms with Crippen molar-refractivity contribution >= 4 is 0 Å². The Morgan fingerprint density at radius 3 is 2.68 bits per heavy atom. The van der Waals surface area contributed by atoms with E-state index < -0.39 is 6.55 Å². The SMILES string of the molecule is CN(C)C1(CNCc2nccn2C(F)F)CCCC1. The summed E-state index contributed by atoms with van der Waals surface area (Å²) in [4.78, 5) is 6.23. The molecule has 0 bridgehead atoms. The van der Waals surface area contributed by atoms with Crippen molar-refractivity contribution < 1.29 is 8.78 Å². The maximum atomic E-state index is 12.7. The lowest BCUT2D eigenvalue weighted by Gasteiger charge is -2.36. The Balaban J connectivity index is 1.90. The van der Waals surface area contributed by atoms with Gasteiger partial charge in [-0.1, -0.05) is 12.8 Å². The summed E-state index contributed by atoms with van der Waals surface area (Å²) in [6.45, 7) is -1.32. The highest BCUT2D eigenvalue weighted by atomic mass is 19.3. The third-order valence-electron chi connectivity index (χ3n) is 4.18. The van der Waals surface area contributed by atoms with E-state index in [4.69, 9.17) is 0 Å². The fraction of sp³-hybridized carbons (Fsp3) is 0.769. The zero-order valence-corrected chi connectivity index (χ0v) is 11.6. The summed E-state index contributed by atoms with van der Waals surface area (Å²) in [5.74, 6) is 0.391. The largest absolute Gasteiger partial charge is 0.319 e. The second-order valence-electron chi connectivity index (χ2n) is 5.46. The summed E-state index contributed by atoms with van der Waals surface area (Å²) >= 11 is 0. The molecule has 19 heavy (non-hydrogen) atoms. The third-order valence-corrected chi connectivity index (χ3v) is 4.18. The molecule has 108 valence electrons. The molecule has 2 rings (SSSR count). The van der Waals surface area contributed by atoms with Crippen LogP contribution in [0.25, 0.3) is 0 Å². The predicted molar refractivity (Wildman–Crippen MR) is 70.1 cm³/mol. The molecule has 1 aromatic rings. The highest BCUT2D eigenvalue weighted by Gasteiger charge is 2.35. The van der Waals surface area contributed by atoms with E-state index in [2.05, 4.69) is 29.3 Å². The molecule has 6 heteroatoms. The third kappa shape index (κ3) is 3.12. The fourth-order valence-electron chi connectivity index (χ4n) is 2.88. The molecule has 0 aromatic carbocycles. The van der Waals surface area contributed by atoms with Gasteiger partial charge in [-0.25, -0.2) is 4.98 Å². The Labute approximate surface area is 112 Å². The van der Waals surface area contributed by atoms with Crippen molar-refractivity contribution in [2.24, 2.45) is 0 Å². The van der Waals surface area contributed by atoms with Gasteiger partial charge in [0.05, 0.1) is 6.54 Å². The first-order valence-electron chi connectivity index (χ1n) is 6.73. The van der Waals surface area contributed by atoms with Crippen molar-refractivity contribution in [1.29, 1.82) is 0 Å². The summed E-state index contributed by atoms with van der Waals surface area (Å²) in [5, 5.41) is 3.29. The summed E-state index contributed by atoms with van der Waals surface area (Å²) in [6.07, 6.45) is 7.54. The van der Waals surface area contributed by atoms with E-state index in [1.807, 2.05) is 0 Å². The van der Waals surface area contributed by atoms with Crippen molar-refractivity contribution in [2.75, 3.05) is 20.6 Å². The number of nitrogens with one attached hydrogen (secondary N) is 1. The second kappa shape index (κ2) is 5.96. The van der Waals surface area contributed by atoms with Gasteiger partial charge in [0.25, 0.3) is 0 Å². The summed E-state index contributed by atoms with van der Waals surface area (Å²) in [6, 6.07) is 0. The zero-order valence-electron chi connectivity index (χ0n) is 11.6. The van der Waals surface area contributed by atoms with E-state index in [0.29, 0.717) is 12.4 Å². The Hall–Kier alpha value is -1.01. The normalized spacial score (nSPS) is 18.6. The van der Waals surface area contributed by atoms with E-state index in [9.17, 15) is 8.78 Å². The number of hydrogen-bond acceptors (Lipinski definition) is 3. The van der Waals surface area contributed by atoms with Crippen LogP contribution in [0.4, 0.5) is 8.78 Å². The molecule has 1 fully saturated rings. The highest BCUT2D eigenvalue weighted by Crippen LogP contribution is 2.33. The van der Waals surface area contributed by atoms with Gasteiger partial charge in [-0.2, -0.15) is 8.78 Å². The van der Waals surface area contributed by atoms with Crippen LogP contribution in [0, 0.1) is 0 Å². The summed E-state index contributed by atoms with van der Waals surface area (Å²) in [5.41, 5.74) is 0.169. The Bertz CT molecular complexity index is 397. The molecule has 0 aliphatic heterocycles. The lowest BCUT2D eigenvalue weighted by molar-refractivity contribution is 0.0662. The lowest BCUT2D eigenvalue weighted by Crippen LogP contribution is -2.49. The minimum Gasteiger partial charge on any atom is -0.308 e. The van der Waals surface area contributed by atoms with Crippen LogP contribution in [0.2, 0.25) is 0 Å². The van der Waals surface area contributed by atoms with Gasteiger partial charge >= 0.3 is 6.55 Å². The maximum Gasteiger partial charge on any atom is 0.319 e. The monoisotopic (exact) mass is 272 g/mol. The number of hydrogen-bond donors (Lipinski definition) is 1. The Kier molecular flexibility index (Phi) is 4.52. The number of likely N-dealkylation sites (N-methyl/N-ethyl adjacent to an activating group) is 1. The molecule has 0 amide bonds. The van der Waals surface area contributed by atoms with Gasteiger partial charge in [0.1, 0.15) is 5.82 Å². The highest BCUT2D eigenvalue weighted by molar-refractivity contribution is 4.97.